The highest BCUT2D eigenvalue weighted by Gasteiger charge is 2.24. The number of phenolic OH excluding ortho intramolecular Hbond substituents is 3. The molecular weight excluding hydrogens is 719 g/mol. The Balaban J connectivity index is 0.997. The normalized spacial score (nSPS) is 13.4. The van der Waals surface area contributed by atoms with Crippen molar-refractivity contribution in [3.63, 3.8) is 0 Å². The van der Waals surface area contributed by atoms with E-state index in [0.717, 1.165) is 96.3 Å². The zero-order chi connectivity index (χ0) is 39.7. The van der Waals surface area contributed by atoms with E-state index in [1.807, 2.05) is 48.5 Å². The zero-order valence-electron chi connectivity index (χ0n) is 32.1. The second-order valence-electron chi connectivity index (χ2n) is 15.0. The highest BCUT2D eigenvalue weighted by molar-refractivity contribution is 6.24. The van der Waals surface area contributed by atoms with E-state index < -0.39 is 0 Å². The van der Waals surface area contributed by atoms with Crippen LogP contribution in [0.2, 0.25) is 0 Å². The Labute approximate surface area is 335 Å². The van der Waals surface area contributed by atoms with E-state index >= 15 is 0 Å². The molecule has 2 heterocycles. The maximum absolute atomic E-state index is 10.9. The van der Waals surface area contributed by atoms with Crippen LogP contribution in [0.15, 0.2) is 168 Å². The standard InChI is InChI=1S/C52H39NO5/c1-4-32-9-5-6-10-33(32)25-26-53(41-22-17-35(18-23-41)46-30(2)50(54)31(3)51(55)52(46)56)40-20-15-34(16-21-40)36-11-7-12-37(27-36)39-28-38-19-24-44-49-47(38)45(29-39)58-43-14-8-13-42(57-44)48(43)49/h4,6-8,10-29,54-56H,1,5,9H2,2-3H3/b26-25-. The first-order chi connectivity index (χ1) is 28.3. The topological polar surface area (TPSA) is 86.3 Å². The fourth-order valence-corrected chi connectivity index (χ4v) is 8.53. The highest BCUT2D eigenvalue weighted by Crippen LogP contribution is 2.50. The molecule has 7 aromatic carbocycles. The Morgan fingerprint density at radius 3 is 2.09 bits per heavy atom. The molecule has 0 bridgehead atoms. The van der Waals surface area contributed by atoms with E-state index in [9.17, 15) is 15.3 Å². The van der Waals surface area contributed by atoms with Gasteiger partial charge in [0.1, 0.15) is 28.4 Å². The molecule has 1 aromatic heterocycles. The molecular formula is C52H39NO5. The number of allylic oxidation sites excluding steroid dienone is 6. The van der Waals surface area contributed by atoms with Gasteiger partial charge in [-0.1, -0.05) is 79.4 Å². The molecule has 58 heavy (non-hydrogen) atoms. The van der Waals surface area contributed by atoms with E-state index in [1.54, 1.807) is 13.8 Å². The van der Waals surface area contributed by atoms with E-state index in [0.29, 0.717) is 16.7 Å². The summed E-state index contributed by atoms with van der Waals surface area (Å²) in [4.78, 5) is 2.13. The smallest absolute Gasteiger partial charge is 0.166 e. The molecule has 2 aliphatic rings. The lowest BCUT2D eigenvalue weighted by Gasteiger charge is -2.23. The number of anilines is 2. The summed E-state index contributed by atoms with van der Waals surface area (Å²) in [6.45, 7) is 7.36. The summed E-state index contributed by atoms with van der Waals surface area (Å²) in [5.74, 6) is 1.04. The average molecular weight is 758 g/mol. The van der Waals surface area contributed by atoms with Gasteiger partial charge in [0.2, 0.25) is 0 Å². The maximum atomic E-state index is 10.9. The number of aromatic hydroxyl groups is 3. The third-order valence-corrected chi connectivity index (χ3v) is 11.6. The van der Waals surface area contributed by atoms with Gasteiger partial charge < -0.3 is 29.4 Å². The van der Waals surface area contributed by atoms with Crippen molar-refractivity contribution in [1.82, 2.24) is 0 Å². The number of hydrogen-bond donors (Lipinski definition) is 3. The monoisotopic (exact) mass is 757 g/mol. The van der Waals surface area contributed by atoms with Crippen LogP contribution < -0.4 is 9.64 Å². The van der Waals surface area contributed by atoms with Gasteiger partial charge in [0.25, 0.3) is 0 Å². The average Bonchev–Trinajstić information content (AvgIpc) is 3.66. The van der Waals surface area contributed by atoms with Crippen LogP contribution in [-0.2, 0) is 0 Å². The van der Waals surface area contributed by atoms with E-state index in [-0.39, 0.29) is 22.8 Å². The van der Waals surface area contributed by atoms with Crippen LogP contribution in [0.4, 0.5) is 11.4 Å². The Bertz CT molecular complexity index is 3060. The van der Waals surface area contributed by atoms with Crippen molar-refractivity contribution in [1.29, 1.82) is 0 Å². The molecule has 0 spiro atoms. The second kappa shape index (κ2) is 13.6. The number of ether oxygens (including phenoxy) is 1. The molecule has 8 aromatic rings. The lowest BCUT2D eigenvalue weighted by molar-refractivity contribution is 0.392. The van der Waals surface area contributed by atoms with Crippen molar-refractivity contribution in [2.75, 3.05) is 4.90 Å². The van der Waals surface area contributed by atoms with Crippen molar-refractivity contribution in [3.05, 3.63) is 175 Å². The van der Waals surface area contributed by atoms with Crippen LogP contribution in [-0.4, -0.2) is 15.3 Å². The van der Waals surface area contributed by atoms with Gasteiger partial charge in [-0.05, 0) is 138 Å². The van der Waals surface area contributed by atoms with Gasteiger partial charge in [-0.2, -0.15) is 0 Å². The van der Waals surface area contributed by atoms with Crippen LogP contribution in [0, 0.1) is 13.8 Å². The summed E-state index contributed by atoms with van der Waals surface area (Å²) in [6.07, 6.45) is 12.4. The Morgan fingerprint density at radius 1 is 0.621 bits per heavy atom. The summed E-state index contributed by atoms with van der Waals surface area (Å²) < 4.78 is 12.7. The lowest BCUT2D eigenvalue weighted by atomic mass is 9.94. The second-order valence-corrected chi connectivity index (χ2v) is 15.0. The fourth-order valence-electron chi connectivity index (χ4n) is 8.53. The molecule has 3 N–H and O–H groups in total. The third-order valence-electron chi connectivity index (χ3n) is 11.6. The zero-order valence-corrected chi connectivity index (χ0v) is 32.1. The molecule has 1 aliphatic carbocycles. The number of benzene rings is 7. The van der Waals surface area contributed by atoms with Gasteiger partial charge >= 0.3 is 0 Å². The number of nitrogens with zero attached hydrogens (tertiary/aromatic N) is 1. The number of furan rings is 1. The van der Waals surface area contributed by atoms with Crippen molar-refractivity contribution in [3.8, 4) is 62.1 Å². The van der Waals surface area contributed by atoms with Crippen molar-refractivity contribution < 1.29 is 24.5 Å². The van der Waals surface area contributed by atoms with Crippen molar-refractivity contribution >= 4 is 44.1 Å². The van der Waals surface area contributed by atoms with E-state index in [1.165, 1.54) is 5.57 Å². The van der Waals surface area contributed by atoms with Gasteiger partial charge in [0, 0.05) is 45.0 Å². The summed E-state index contributed by atoms with van der Waals surface area (Å²) in [7, 11) is 0. The van der Waals surface area contributed by atoms with E-state index in [4.69, 9.17) is 9.15 Å². The first-order valence-corrected chi connectivity index (χ1v) is 19.4. The molecule has 0 amide bonds. The van der Waals surface area contributed by atoms with Gasteiger partial charge in [-0.25, -0.2) is 0 Å². The Morgan fingerprint density at radius 2 is 1.33 bits per heavy atom. The predicted molar refractivity (Wildman–Crippen MR) is 235 cm³/mol. The summed E-state index contributed by atoms with van der Waals surface area (Å²) in [5, 5.41) is 36.4. The van der Waals surface area contributed by atoms with Crippen molar-refractivity contribution in [2.45, 2.75) is 26.7 Å². The Kier molecular flexibility index (Phi) is 8.23. The summed E-state index contributed by atoms with van der Waals surface area (Å²) in [6, 6.07) is 39.3. The SMILES string of the molecule is C=CC1=C(/C=C\N(c2ccc(-c3cccc(-c4cc5c6c(ccc7oc8cccc(c8c76)O5)c4)c3)cc2)c2ccc(-c3c(C)c(O)c(C)c(O)c3O)cc2)C=CCC1. The molecule has 0 atom stereocenters. The minimum atomic E-state index is -0.322. The minimum Gasteiger partial charge on any atom is -0.507 e. The number of hydrogen-bond acceptors (Lipinski definition) is 6. The molecule has 10 rings (SSSR count). The van der Waals surface area contributed by atoms with Gasteiger partial charge in [-0.15, -0.1) is 0 Å². The lowest BCUT2D eigenvalue weighted by Crippen LogP contribution is -2.08. The van der Waals surface area contributed by atoms with Crippen LogP contribution in [0.25, 0.3) is 66.1 Å². The third kappa shape index (κ3) is 5.64. The molecule has 0 unspecified atom stereocenters. The van der Waals surface area contributed by atoms with Gasteiger partial charge in [0.15, 0.2) is 11.5 Å². The first-order valence-electron chi connectivity index (χ1n) is 19.4. The van der Waals surface area contributed by atoms with Crippen LogP contribution >= 0.6 is 0 Å². The van der Waals surface area contributed by atoms with Crippen molar-refractivity contribution in [2.24, 2.45) is 0 Å². The number of phenols is 3. The quantitative estimate of drug-likeness (QED) is 0.106. The molecule has 1 aliphatic heterocycles. The summed E-state index contributed by atoms with van der Waals surface area (Å²) >= 11 is 0. The largest absolute Gasteiger partial charge is 0.507 e. The molecule has 282 valence electrons. The van der Waals surface area contributed by atoms with E-state index in [2.05, 4.69) is 109 Å². The van der Waals surface area contributed by atoms with Crippen LogP contribution in [0.1, 0.15) is 24.0 Å². The molecule has 6 nitrogen and oxygen atoms in total. The van der Waals surface area contributed by atoms with Crippen LogP contribution in [0.3, 0.4) is 0 Å². The van der Waals surface area contributed by atoms with Gasteiger partial charge in [-0.3, -0.25) is 0 Å². The molecule has 0 saturated heterocycles. The maximum Gasteiger partial charge on any atom is 0.166 e. The molecule has 0 saturated carbocycles. The fraction of sp³-hybridized carbons (Fsp3) is 0.0769. The Hall–Kier alpha value is -7.44. The number of rotatable bonds is 8. The summed E-state index contributed by atoms with van der Waals surface area (Å²) in [5.41, 5.74) is 12.0. The molecule has 6 heteroatoms. The van der Waals surface area contributed by atoms with Crippen LogP contribution in [0.5, 0.6) is 28.7 Å². The molecule has 0 fully saturated rings. The van der Waals surface area contributed by atoms with Gasteiger partial charge in [0.05, 0.1) is 5.39 Å². The highest BCUT2D eigenvalue weighted by atomic mass is 16.5. The molecule has 0 radical (unpaired) electrons. The predicted octanol–water partition coefficient (Wildman–Crippen LogP) is 14.1. The minimum absolute atomic E-state index is 0.0373. The first kappa shape index (κ1) is 35.0.